The smallest absolute Gasteiger partial charge is 0.303 e. The van der Waals surface area contributed by atoms with E-state index in [1.807, 2.05) is 0 Å². The molecular weight excluding hydrogens is 370 g/mol. The molecule has 1 heterocycles. The maximum Gasteiger partial charge on any atom is 0.303 e. The molecule has 0 aromatic carbocycles. The molecule has 0 unspecified atom stereocenters. The standard InChI is InChI=1S/C15H21NO11/c1-7(17)23-6-12-14(25-9(3)19)15(26-10(4)20)13(24-8(2)18)11(27-12)5-16(21)22/h11-15H,5-6H2,1-4H3/t11-,12+,13-,14+,15+/m0/s1. The van der Waals surface area contributed by atoms with Gasteiger partial charge in [-0.2, -0.15) is 0 Å². The fraction of sp³-hybridized carbons (Fsp3) is 0.733. The molecular formula is C15H21NO11. The van der Waals surface area contributed by atoms with Crippen LogP contribution in [0.2, 0.25) is 0 Å². The highest BCUT2D eigenvalue weighted by molar-refractivity contribution is 5.68. The fourth-order valence-electron chi connectivity index (χ4n) is 2.61. The predicted molar refractivity (Wildman–Crippen MR) is 83.8 cm³/mol. The Labute approximate surface area is 154 Å². The number of hydrogen-bond acceptors (Lipinski definition) is 11. The van der Waals surface area contributed by atoms with Crippen molar-refractivity contribution < 1.29 is 47.8 Å². The van der Waals surface area contributed by atoms with Crippen LogP contribution in [0.5, 0.6) is 0 Å². The lowest BCUT2D eigenvalue weighted by Gasteiger charge is -2.43. The van der Waals surface area contributed by atoms with Crippen LogP contribution >= 0.6 is 0 Å². The van der Waals surface area contributed by atoms with Crippen molar-refractivity contribution in [2.45, 2.75) is 58.2 Å². The van der Waals surface area contributed by atoms with Gasteiger partial charge in [-0.3, -0.25) is 29.3 Å². The van der Waals surface area contributed by atoms with Crippen molar-refractivity contribution in [2.75, 3.05) is 13.2 Å². The molecule has 1 saturated heterocycles. The molecule has 0 radical (unpaired) electrons. The summed E-state index contributed by atoms with van der Waals surface area (Å²) >= 11 is 0. The second-order valence-electron chi connectivity index (χ2n) is 5.75. The van der Waals surface area contributed by atoms with Gasteiger partial charge in [-0.15, -0.1) is 0 Å². The molecule has 27 heavy (non-hydrogen) atoms. The molecule has 12 heteroatoms. The van der Waals surface area contributed by atoms with E-state index in [0.29, 0.717) is 0 Å². The molecule has 152 valence electrons. The molecule has 0 bridgehead atoms. The first kappa shape index (κ1) is 22.3. The molecule has 0 aromatic rings. The number of esters is 4. The van der Waals surface area contributed by atoms with Crippen LogP contribution in [0.4, 0.5) is 0 Å². The largest absolute Gasteiger partial charge is 0.463 e. The van der Waals surface area contributed by atoms with Crippen LogP contribution in [-0.4, -0.2) is 72.5 Å². The Balaban J connectivity index is 3.29. The van der Waals surface area contributed by atoms with Gasteiger partial charge in [0.15, 0.2) is 24.4 Å². The molecule has 12 nitrogen and oxygen atoms in total. The Bertz CT molecular complexity index is 605. The van der Waals surface area contributed by atoms with Crippen molar-refractivity contribution in [3.05, 3.63) is 10.1 Å². The first-order chi connectivity index (χ1) is 12.5. The molecule has 0 aliphatic carbocycles. The van der Waals surface area contributed by atoms with E-state index in [0.717, 1.165) is 27.7 Å². The van der Waals surface area contributed by atoms with Crippen LogP contribution in [0.25, 0.3) is 0 Å². The van der Waals surface area contributed by atoms with E-state index in [2.05, 4.69) is 0 Å². The van der Waals surface area contributed by atoms with Gasteiger partial charge >= 0.3 is 23.9 Å². The Kier molecular flexibility index (Phi) is 8.09. The molecule has 1 rings (SSSR count). The van der Waals surface area contributed by atoms with Gasteiger partial charge in [0, 0.05) is 32.6 Å². The van der Waals surface area contributed by atoms with Crippen molar-refractivity contribution in [2.24, 2.45) is 0 Å². The van der Waals surface area contributed by atoms with Crippen LogP contribution in [-0.2, 0) is 42.9 Å². The monoisotopic (exact) mass is 391 g/mol. The Hall–Kier alpha value is -2.76. The Morgan fingerprint density at radius 2 is 1.26 bits per heavy atom. The average molecular weight is 391 g/mol. The molecule has 0 N–H and O–H groups in total. The van der Waals surface area contributed by atoms with E-state index < -0.39 is 72.5 Å². The van der Waals surface area contributed by atoms with Crippen LogP contribution in [0.1, 0.15) is 27.7 Å². The summed E-state index contributed by atoms with van der Waals surface area (Å²) in [6, 6.07) is 0. The SMILES string of the molecule is CC(=O)OC[C@H]1O[C@@H](C[N+](=O)[O-])[C@H](OC(C)=O)[C@@H](OC(C)=O)[C@@H]1OC(C)=O. The third kappa shape index (κ3) is 7.17. The lowest BCUT2D eigenvalue weighted by Crippen LogP contribution is -2.63. The molecule has 0 saturated carbocycles. The van der Waals surface area contributed by atoms with Crippen molar-refractivity contribution in [1.82, 2.24) is 0 Å². The molecule has 1 aliphatic heterocycles. The summed E-state index contributed by atoms with van der Waals surface area (Å²) in [4.78, 5) is 55.8. The summed E-state index contributed by atoms with van der Waals surface area (Å²) < 4.78 is 25.7. The number of carbonyl (C=O) groups is 4. The van der Waals surface area contributed by atoms with E-state index in [4.69, 9.17) is 23.7 Å². The minimum Gasteiger partial charge on any atom is -0.463 e. The van der Waals surface area contributed by atoms with Crippen LogP contribution in [0, 0.1) is 10.1 Å². The van der Waals surface area contributed by atoms with Crippen LogP contribution in [0.3, 0.4) is 0 Å². The van der Waals surface area contributed by atoms with E-state index >= 15 is 0 Å². The topological polar surface area (TPSA) is 158 Å². The fourth-order valence-corrected chi connectivity index (χ4v) is 2.61. The van der Waals surface area contributed by atoms with Gasteiger partial charge in [-0.05, 0) is 0 Å². The second-order valence-corrected chi connectivity index (χ2v) is 5.75. The van der Waals surface area contributed by atoms with Gasteiger partial charge in [0.2, 0.25) is 6.54 Å². The third-order valence-corrected chi connectivity index (χ3v) is 3.42. The van der Waals surface area contributed by atoms with E-state index in [1.54, 1.807) is 0 Å². The molecule has 0 amide bonds. The molecule has 0 spiro atoms. The number of ether oxygens (including phenoxy) is 5. The summed E-state index contributed by atoms with van der Waals surface area (Å²) in [6.07, 6.45) is -6.64. The van der Waals surface area contributed by atoms with Gasteiger partial charge in [0.25, 0.3) is 0 Å². The van der Waals surface area contributed by atoms with Gasteiger partial charge in [-0.1, -0.05) is 0 Å². The number of carbonyl (C=O) groups excluding carboxylic acids is 4. The molecule has 5 atom stereocenters. The van der Waals surface area contributed by atoms with Gasteiger partial charge in [-0.25, -0.2) is 0 Å². The first-order valence-corrected chi connectivity index (χ1v) is 7.93. The summed E-state index contributed by atoms with van der Waals surface area (Å²) in [5.41, 5.74) is 0. The quantitative estimate of drug-likeness (QED) is 0.236. The predicted octanol–water partition coefficient (Wildman–Crippen LogP) is -0.611. The first-order valence-electron chi connectivity index (χ1n) is 7.93. The minimum atomic E-state index is -1.41. The Morgan fingerprint density at radius 1 is 0.815 bits per heavy atom. The van der Waals surface area contributed by atoms with Crippen LogP contribution < -0.4 is 0 Å². The van der Waals surface area contributed by atoms with Crippen molar-refractivity contribution in [3.63, 3.8) is 0 Å². The highest BCUT2D eigenvalue weighted by Gasteiger charge is 2.53. The normalized spacial score (nSPS) is 27.2. The zero-order valence-corrected chi connectivity index (χ0v) is 15.2. The lowest BCUT2D eigenvalue weighted by atomic mass is 9.94. The molecule has 1 aliphatic rings. The number of rotatable bonds is 7. The maximum absolute atomic E-state index is 11.5. The highest BCUT2D eigenvalue weighted by Crippen LogP contribution is 2.29. The second kappa shape index (κ2) is 9.80. The summed E-state index contributed by atoms with van der Waals surface area (Å²) in [5.74, 6) is -3.06. The van der Waals surface area contributed by atoms with Crippen molar-refractivity contribution in [1.29, 1.82) is 0 Å². The average Bonchev–Trinajstić information content (AvgIpc) is 2.49. The van der Waals surface area contributed by atoms with Crippen LogP contribution in [0.15, 0.2) is 0 Å². The zero-order valence-electron chi connectivity index (χ0n) is 15.2. The van der Waals surface area contributed by atoms with Crippen molar-refractivity contribution >= 4 is 23.9 Å². The molecule has 1 fully saturated rings. The minimum absolute atomic E-state index is 0.425. The number of hydrogen-bond donors (Lipinski definition) is 0. The van der Waals surface area contributed by atoms with E-state index in [-0.39, 0.29) is 0 Å². The summed E-state index contributed by atoms with van der Waals surface area (Å²) in [5, 5.41) is 11.0. The summed E-state index contributed by atoms with van der Waals surface area (Å²) in [7, 11) is 0. The number of nitro groups is 1. The number of nitrogens with zero attached hydrogens (tertiary/aromatic N) is 1. The van der Waals surface area contributed by atoms with E-state index in [1.165, 1.54) is 0 Å². The highest BCUT2D eigenvalue weighted by atomic mass is 16.7. The Morgan fingerprint density at radius 3 is 1.67 bits per heavy atom. The zero-order chi connectivity index (χ0) is 20.7. The lowest BCUT2D eigenvalue weighted by molar-refractivity contribution is -0.498. The van der Waals surface area contributed by atoms with E-state index in [9.17, 15) is 29.3 Å². The van der Waals surface area contributed by atoms with Gasteiger partial charge in [0.1, 0.15) is 12.7 Å². The van der Waals surface area contributed by atoms with Crippen molar-refractivity contribution in [3.8, 4) is 0 Å². The third-order valence-electron chi connectivity index (χ3n) is 3.42. The van der Waals surface area contributed by atoms with Gasteiger partial charge < -0.3 is 23.7 Å². The summed E-state index contributed by atoms with van der Waals surface area (Å²) in [6.45, 7) is 3.11. The maximum atomic E-state index is 11.5. The van der Waals surface area contributed by atoms with Gasteiger partial charge in [0.05, 0.1) is 0 Å². The molecule has 0 aromatic heterocycles.